The third-order valence-corrected chi connectivity index (χ3v) is 5.32. The summed E-state index contributed by atoms with van der Waals surface area (Å²) in [5, 5.41) is 5.64. The normalized spacial score (nSPS) is 15.3. The first-order valence-electron chi connectivity index (χ1n) is 9.71. The highest BCUT2D eigenvalue weighted by Gasteiger charge is 2.13. The van der Waals surface area contributed by atoms with Gasteiger partial charge in [-0.25, -0.2) is 9.78 Å². The van der Waals surface area contributed by atoms with Crippen LogP contribution in [0.25, 0.3) is 21.8 Å². The minimum atomic E-state index is -0.329. The maximum atomic E-state index is 11.8. The van der Waals surface area contributed by atoms with Gasteiger partial charge in [0.25, 0.3) is 0 Å². The van der Waals surface area contributed by atoms with Crippen LogP contribution in [-0.4, -0.2) is 54.1 Å². The Morgan fingerprint density at radius 2 is 2.07 bits per heavy atom. The molecular weight excluding hydrogens is 340 g/mol. The van der Waals surface area contributed by atoms with Gasteiger partial charge in [0.2, 0.25) is 0 Å². The number of fused-ring (bicyclic) bond motifs is 3. The zero-order chi connectivity index (χ0) is 18.6. The van der Waals surface area contributed by atoms with E-state index < -0.39 is 0 Å². The summed E-state index contributed by atoms with van der Waals surface area (Å²) < 4.78 is 4.82. The Morgan fingerprint density at radius 1 is 1.22 bits per heavy atom. The van der Waals surface area contributed by atoms with Gasteiger partial charge in [-0.3, -0.25) is 0 Å². The van der Waals surface area contributed by atoms with Crippen LogP contribution in [0.4, 0.5) is 5.82 Å². The third-order valence-electron chi connectivity index (χ3n) is 5.32. The van der Waals surface area contributed by atoms with Crippen LogP contribution in [-0.2, 0) is 4.74 Å². The van der Waals surface area contributed by atoms with Crippen LogP contribution in [0.5, 0.6) is 0 Å². The van der Waals surface area contributed by atoms with Gasteiger partial charge in [-0.2, -0.15) is 0 Å². The van der Waals surface area contributed by atoms with Gasteiger partial charge in [0.05, 0.1) is 18.2 Å². The first-order valence-corrected chi connectivity index (χ1v) is 9.71. The van der Waals surface area contributed by atoms with E-state index in [4.69, 9.17) is 4.74 Å². The van der Waals surface area contributed by atoms with Gasteiger partial charge in [0.15, 0.2) is 0 Å². The lowest BCUT2D eigenvalue weighted by Crippen LogP contribution is -2.31. The fourth-order valence-electron chi connectivity index (χ4n) is 3.92. The molecule has 0 saturated carbocycles. The number of carbonyl (C=O) groups is 1. The van der Waals surface area contributed by atoms with Crippen molar-refractivity contribution in [2.75, 3.05) is 38.6 Å². The van der Waals surface area contributed by atoms with Gasteiger partial charge < -0.3 is 19.9 Å². The van der Waals surface area contributed by atoms with Crippen molar-refractivity contribution in [3.63, 3.8) is 0 Å². The molecule has 1 fully saturated rings. The van der Waals surface area contributed by atoms with Crippen LogP contribution in [0, 0.1) is 0 Å². The Morgan fingerprint density at radius 3 is 2.89 bits per heavy atom. The van der Waals surface area contributed by atoms with E-state index in [0.717, 1.165) is 47.1 Å². The number of anilines is 1. The van der Waals surface area contributed by atoms with E-state index in [-0.39, 0.29) is 5.97 Å². The summed E-state index contributed by atoms with van der Waals surface area (Å²) in [5.74, 6) is 0.563. The molecule has 0 spiro atoms. The van der Waals surface area contributed by atoms with E-state index in [1.165, 1.54) is 39.5 Å². The van der Waals surface area contributed by atoms with Crippen molar-refractivity contribution in [2.45, 2.75) is 25.7 Å². The summed E-state index contributed by atoms with van der Waals surface area (Å²) in [6, 6.07) is 7.56. The summed E-state index contributed by atoms with van der Waals surface area (Å²) in [7, 11) is 1.40. The molecule has 1 saturated heterocycles. The Kier molecular flexibility index (Phi) is 5.25. The number of nitrogens with zero attached hydrogens (tertiary/aromatic N) is 2. The maximum absolute atomic E-state index is 11.8. The van der Waals surface area contributed by atoms with E-state index in [0.29, 0.717) is 5.56 Å². The van der Waals surface area contributed by atoms with Crippen LogP contribution < -0.4 is 5.32 Å². The number of nitrogens with one attached hydrogen (secondary N) is 2. The standard InChI is InChI=1S/C21H26N4O2/c1-27-21(26)15-6-7-16-18(14-15)24-17-8-10-23-20(19(16)17)22-9-5-13-25-11-3-2-4-12-25/h6-8,10,14,24H,2-5,9,11-13H2,1H3,(H,22,23). The van der Waals surface area contributed by atoms with Gasteiger partial charge in [-0.15, -0.1) is 0 Å². The first kappa shape index (κ1) is 17.8. The molecule has 3 aromatic rings. The first-order chi connectivity index (χ1) is 13.3. The summed E-state index contributed by atoms with van der Waals surface area (Å²) in [5.41, 5.74) is 2.47. The number of rotatable bonds is 6. The molecule has 1 aliphatic heterocycles. The Labute approximate surface area is 158 Å². The number of methoxy groups -OCH3 is 1. The van der Waals surface area contributed by atoms with Crippen LogP contribution in [0.2, 0.25) is 0 Å². The molecular formula is C21H26N4O2. The summed E-state index contributed by atoms with van der Waals surface area (Å²) in [6.07, 6.45) is 6.95. The average Bonchev–Trinajstić information content (AvgIpc) is 3.09. The van der Waals surface area contributed by atoms with E-state index >= 15 is 0 Å². The van der Waals surface area contributed by atoms with Gasteiger partial charge in [0.1, 0.15) is 5.82 Å². The Hall–Kier alpha value is -2.60. The van der Waals surface area contributed by atoms with Crippen molar-refractivity contribution in [1.82, 2.24) is 14.9 Å². The summed E-state index contributed by atoms with van der Waals surface area (Å²) >= 11 is 0. The van der Waals surface area contributed by atoms with Crippen molar-refractivity contribution >= 4 is 33.6 Å². The number of carbonyl (C=O) groups excluding carboxylic acids is 1. The molecule has 6 heteroatoms. The lowest BCUT2D eigenvalue weighted by atomic mass is 10.1. The minimum Gasteiger partial charge on any atom is -0.465 e. The number of benzene rings is 1. The van der Waals surface area contributed by atoms with E-state index in [1.807, 2.05) is 24.4 Å². The number of ether oxygens (including phenoxy) is 1. The number of piperidine rings is 1. The van der Waals surface area contributed by atoms with Crippen molar-refractivity contribution in [1.29, 1.82) is 0 Å². The molecule has 6 nitrogen and oxygen atoms in total. The number of aromatic amines is 1. The molecule has 0 atom stereocenters. The smallest absolute Gasteiger partial charge is 0.337 e. The van der Waals surface area contributed by atoms with Crippen LogP contribution in [0.15, 0.2) is 30.5 Å². The highest BCUT2D eigenvalue weighted by molar-refractivity contribution is 6.13. The fourth-order valence-corrected chi connectivity index (χ4v) is 3.92. The second kappa shape index (κ2) is 7.96. The van der Waals surface area contributed by atoms with E-state index in [2.05, 4.69) is 20.2 Å². The van der Waals surface area contributed by atoms with Crippen molar-refractivity contribution in [3.8, 4) is 0 Å². The Balaban J connectivity index is 1.51. The monoisotopic (exact) mass is 366 g/mol. The molecule has 0 radical (unpaired) electrons. The predicted octanol–water partition coefficient (Wildman–Crippen LogP) is 3.79. The molecule has 142 valence electrons. The number of H-pyrrole nitrogens is 1. The Bertz CT molecular complexity index is 944. The number of hydrogen-bond acceptors (Lipinski definition) is 5. The fraction of sp³-hybridized carbons (Fsp3) is 0.429. The number of hydrogen-bond donors (Lipinski definition) is 2. The predicted molar refractivity (Wildman–Crippen MR) is 108 cm³/mol. The van der Waals surface area contributed by atoms with E-state index in [1.54, 1.807) is 6.07 Å². The second-order valence-electron chi connectivity index (χ2n) is 7.14. The largest absolute Gasteiger partial charge is 0.465 e. The molecule has 2 N–H and O–H groups in total. The van der Waals surface area contributed by atoms with Crippen LogP contribution in [0.3, 0.4) is 0 Å². The van der Waals surface area contributed by atoms with Gasteiger partial charge in [-0.05, 0) is 57.1 Å². The quantitative estimate of drug-likeness (QED) is 0.513. The molecule has 0 amide bonds. The number of esters is 1. The molecule has 4 rings (SSSR count). The molecule has 2 aromatic heterocycles. The topological polar surface area (TPSA) is 70.2 Å². The zero-order valence-electron chi connectivity index (χ0n) is 15.8. The van der Waals surface area contributed by atoms with Gasteiger partial charge >= 0.3 is 5.97 Å². The van der Waals surface area contributed by atoms with Gasteiger partial charge in [0, 0.05) is 29.0 Å². The average molecular weight is 366 g/mol. The minimum absolute atomic E-state index is 0.329. The summed E-state index contributed by atoms with van der Waals surface area (Å²) in [6.45, 7) is 4.51. The highest BCUT2D eigenvalue weighted by atomic mass is 16.5. The number of aromatic nitrogens is 2. The second-order valence-corrected chi connectivity index (χ2v) is 7.14. The molecule has 0 bridgehead atoms. The zero-order valence-corrected chi connectivity index (χ0v) is 15.8. The van der Waals surface area contributed by atoms with Crippen molar-refractivity contribution in [2.24, 2.45) is 0 Å². The van der Waals surface area contributed by atoms with Crippen LogP contribution in [0.1, 0.15) is 36.0 Å². The molecule has 27 heavy (non-hydrogen) atoms. The van der Waals surface area contributed by atoms with E-state index in [9.17, 15) is 4.79 Å². The molecule has 0 unspecified atom stereocenters. The number of likely N-dealkylation sites (tertiary alicyclic amines) is 1. The molecule has 3 heterocycles. The van der Waals surface area contributed by atoms with Crippen molar-refractivity contribution < 1.29 is 9.53 Å². The molecule has 0 aliphatic carbocycles. The van der Waals surface area contributed by atoms with Crippen LogP contribution >= 0.6 is 0 Å². The summed E-state index contributed by atoms with van der Waals surface area (Å²) in [4.78, 5) is 22.3. The SMILES string of the molecule is COC(=O)c1ccc2c(c1)[nH]c1ccnc(NCCCN3CCCCC3)c12. The third kappa shape index (κ3) is 3.76. The van der Waals surface area contributed by atoms with Gasteiger partial charge in [-0.1, -0.05) is 12.5 Å². The lowest BCUT2D eigenvalue weighted by molar-refractivity contribution is 0.0601. The lowest BCUT2D eigenvalue weighted by Gasteiger charge is -2.26. The molecule has 1 aliphatic rings. The van der Waals surface area contributed by atoms with Crippen molar-refractivity contribution in [3.05, 3.63) is 36.0 Å². The highest BCUT2D eigenvalue weighted by Crippen LogP contribution is 2.30. The molecule has 1 aromatic carbocycles. The maximum Gasteiger partial charge on any atom is 0.337 e. The number of pyridine rings is 1.